The second-order valence-corrected chi connectivity index (χ2v) is 2.55. The topological polar surface area (TPSA) is 73.6 Å². The van der Waals surface area contributed by atoms with E-state index < -0.39 is 6.09 Å². The minimum Gasteiger partial charge on any atom is -0.493 e. The first-order chi connectivity index (χ1) is 6.67. The van der Waals surface area contributed by atoms with Crippen LogP contribution in [0.3, 0.4) is 0 Å². The predicted octanol–water partition coefficient (Wildman–Crippen LogP) is 0.996. The molecule has 1 rings (SSSR count). The molecule has 0 radical (unpaired) electrons. The maximum Gasteiger partial charge on any atom is 0.412 e. The van der Waals surface area contributed by atoms with Gasteiger partial charge in [0.2, 0.25) is 0 Å². The van der Waals surface area contributed by atoms with Crippen molar-refractivity contribution in [2.24, 2.45) is 0 Å². The molecule has 1 aromatic rings. The van der Waals surface area contributed by atoms with Gasteiger partial charge >= 0.3 is 6.09 Å². The Morgan fingerprint density at radius 2 is 2.14 bits per heavy atom. The summed E-state index contributed by atoms with van der Waals surface area (Å²) in [5, 5.41) is 2.33. The van der Waals surface area contributed by atoms with E-state index in [0.717, 1.165) is 0 Å². The number of hydrogen-bond donors (Lipinski definition) is 2. The first kappa shape index (κ1) is 10.2. The second kappa shape index (κ2) is 4.36. The van der Waals surface area contributed by atoms with E-state index in [4.69, 9.17) is 15.2 Å². The smallest absolute Gasteiger partial charge is 0.412 e. The van der Waals surface area contributed by atoms with Gasteiger partial charge in [-0.1, -0.05) is 0 Å². The lowest BCUT2D eigenvalue weighted by Gasteiger charge is -2.08. The average molecular weight is 196 g/mol. The standard InChI is InChI=1S/C9H12N2O3/c1-11-9(12)14-8-5-6(10)3-4-7(8)13-2/h3-5H,10H2,1-2H3,(H,11,12). The third kappa shape index (κ3) is 2.29. The molecule has 0 unspecified atom stereocenters. The van der Waals surface area contributed by atoms with E-state index in [9.17, 15) is 4.79 Å². The van der Waals surface area contributed by atoms with Crippen LogP contribution < -0.4 is 20.5 Å². The van der Waals surface area contributed by atoms with Crippen LogP contribution in [0.25, 0.3) is 0 Å². The van der Waals surface area contributed by atoms with Crippen molar-refractivity contribution in [3.8, 4) is 11.5 Å². The van der Waals surface area contributed by atoms with Crippen LogP contribution in [0.2, 0.25) is 0 Å². The second-order valence-electron chi connectivity index (χ2n) is 2.55. The molecule has 1 aromatic carbocycles. The van der Waals surface area contributed by atoms with Crippen LogP contribution in [0.15, 0.2) is 18.2 Å². The van der Waals surface area contributed by atoms with Crippen LogP contribution in [0.4, 0.5) is 10.5 Å². The molecular formula is C9H12N2O3. The summed E-state index contributed by atoms with van der Waals surface area (Å²) in [4.78, 5) is 10.9. The Hall–Kier alpha value is -1.91. The number of rotatable bonds is 2. The van der Waals surface area contributed by atoms with Gasteiger partial charge < -0.3 is 20.5 Å². The Kier molecular flexibility index (Phi) is 3.17. The maximum atomic E-state index is 10.9. The van der Waals surface area contributed by atoms with Gasteiger partial charge in [0.25, 0.3) is 0 Å². The fraction of sp³-hybridized carbons (Fsp3) is 0.222. The number of nitrogen functional groups attached to an aromatic ring is 1. The zero-order chi connectivity index (χ0) is 10.6. The molecule has 5 nitrogen and oxygen atoms in total. The highest BCUT2D eigenvalue weighted by molar-refractivity contribution is 5.71. The summed E-state index contributed by atoms with van der Waals surface area (Å²) in [7, 11) is 2.96. The van der Waals surface area contributed by atoms with Gasteiger partial charge in [-0.2, -0.15) is 0 Å². The normalized spacial score (nSPS) is 9.29. The monoisotopic (exact) mass is 196 g/mol. The summed E-state index contributed by atoms with van der Waals surface area (Å²) >= 11 is 0. The lowest BCUT2D eigenvalue weighted by Crippen LogP contribution is -2.22. The van der Waals surface area contributed by atoms with Gasteiger partial charge in [0.05, 0.1) is 7.11 Å². The van der Waals surface area contributed by atoms with Crippen molar-refractivity contribution < 1.29 is 14.3 Å². The SMILES string of the molecule is CNC(=O)Oc1cc(N)ccc1OC. The molecule has 1 amide bonds. The number of methoxy groups -OCH3 is 1. The maximum absolute atomic E-state index is 10.9. The van der Waals surface area contributed by atoms with Gasteiger partial charge in [-0.05, 0) is 12.1 Å². The highest BCUT2D eigenvalue weighted by Crippen LogP contribution is 2.28. The highest BCUT2D eigenvalue weighted by atomic mass is 16.6. The minimum absolute atomic E-state index is 0.298. The van der Waals surface area contributed by atoms with Crippen LogP contribution in [-0.4, -0.2) is 20.3 Å². The average Bonchev–Trinajstić information content (AvgIpc) is 2.18. The number of hydrogen-bond acceptors (Lipinski definition) is 4. The Balaban J connectivity index is 2.93. The molecule has 0 aliphatic carbocycles. The molecule has 0 fully saturated rings. The van der Waals surface area contributed by atoms with E-state index in [2.05, 4.69) is 5.32 Å². The quantitative estimate of drug-likeness (QED) is 0.692. The van der Waals surface area contributed by atoms with Gasteiger partial charge in [0.1, 0.15) is 0 Å². The van der Waals surface area contributed by atoms with Crippen molar-refractivity contribution in [1.29, 1.82) is 0 Å². The molecule has 0 aliphatic heterocycles. The largest absolute Gasteiger partial charge is 0.493 e. The zero-order valence-corrected chi connectivity index (χ0v) is 8.03. The summed E-state index contributed by atoms with van der Waals surface area (Å²) in [5.41, 5.74) is 6.04. The van der Waals surface area contributed by atoms with E-state index in [1.165, 1.54) is 20.2 Å². The van der Waals surface area contributed by atoms with Crippen LogP contribution in [0.1, 0.15) is 0 Å². The molecule has 0 saturated heterocycles. The number of benzene rings is 1. The summed E-state index contributed by atoms with van der Waals surface area (Å²) in [6, 6.07) is 4.82. The van der Waals surface area contributed by atoms with Crippen molar-refractivity contribution in [2.45, 2.75) is 0 Å². The predicted molar refractivity (Wildman–Crippen MR) is 52.5 cm³/mol. The van der Waals surface area contributed by atoms with Crippen LogP contribution in [0.5, 0.6) is 11.5 Å². The Bertz CT molecular complexity index is 339. The lowest BCUT2D eigenvalue weighted by atomic mass is 10.3. The molecule has 0 aromatic heterocycles. The number of nitrogens with two attached hydrogens (primary N) is 1. The van der Waals surface area contributed by atoms with Gasteiger partial charge in [-0.15, -0.1) is 0 Å². The fourth-order valence-corrected chi connectivity index (χ4v) is 0.924. The molecule has 0 saturated carbocycles. The van der Waals surface area contributed by atoms with Gasteiger partial charge in [0.15, 0.2) is 11.5 Å². The minimum atomic E-state index is -0.561. The zero-order valence-electron chi connectivity index (χ0n) is 8.03. The van der Waals surface area contributed by atoms with Crippen molar-refractivity contribution in [3.63, 3.8) is 0 Å². The number of carbonyl (C=O) groups is 1. The summed E-state index contributed by atoms with van der Waals surface area (Å²) in [6.45, 7) is 0. The van der Waals surface area contributed by atoms with Gasteiger partial charge in [-0.25, -0.2) is 4.79 Å². The Morgan fingerprint density at radius 3 is 2.71 bits per heavy atom. The third-order valence-electron chi connectivity index (χ3n) is 1.59. The molecule has 0 atom stereocenters. The fourth-order valence-electron chi connectivity index (χ4n) is 0.924. The number of anilines is 1. The molecule has 0 spiro atoms. The summed E-state index contributed by atoms with van der Waals surface area (Å²) in [5.74, 6) is 0.759. The highest BCUT2D eigenvalue weighted by Gasteiger charge is 2.08. The van der Waals surface area contributed by atoms with Crippen molar-refractivity contribution >= 4 is 11.8 Å². The molecule has 0 bridgehead atoms. The third-order valence-corrected chi connectivity index (χ3v) is 1.59. The van der Waals surface area contributed by atoms with Crippen LogP contribution in [-0.2, 0) is 0 Å². The number of carbonyl (C=O) groups excluding carboxylic acids is 1. The van der Waals surface area contributed by atoms with E-state index >= 15 is 0 Å². The lowest BCUT2D eigenvalue weighted by molar-refractivity contribution is 0.201. The van der Waals surface area contributed by atoms with Gasteiger partial charge in [0, 0.05) is 18.8 Å². The number of nitrogens with one attached hydrogen (secondary N) is 1. The van der Waals surface area contributed by atoms with Crippen molar-refractivity contribution in [2.75, 3.05) is 19.9 Å². The van der Waals surface area contributed by atoms with Crippen LogP contribution in [0, 0.1) is 0 Å². The van der Waals surface area contributed by atoms with E-state index in [0.29, 0.717) is 17.2 Å². The molecule has 14 heavy (non-hydrogen) atoms. The summed E-state index contributed by atoms with van der Waals surface area (Å²) < 4.78 is 9.90. The molecule has 0 aliphatic rings. The summed E-state index contributed by atoms with van der Waals surface area (Å²) in [6.07, 6.45) is -0.561. The van der Waals surface area contributed by atoms with E-state index in [1.54, 1.807) is 12.1 Å². The number of ether oxygens (including phenoxy) is 2. The number of amides is 1. The molecule has 3 N–H and O–H groups in total. The Labute approximate surface area is 81.8 Å². The van der Waals surface area contributed by atoms with E-state index in [-0.39, 0.29) is 0 Å². The molecule has 5 heteroatoms. The van der Waals surface area contributed by atoms with Crippen molar-refractivity contribution in [3.05, 3.63) is 18.2 Å². The van der Waals surface area contributed by atoms with E-state index in [1.807, 2.05) is 0 Å². The first-order valence-corrected chi connectivity index (χ1v) is 4.00. The Morgan fingerprint density at radius 1 is 1.43 bits per heavy atom. The molecule has 0 heterocycles. The van der Waals surface area contributed by atoms with Crippen LogP contribution >= 0.6 is 0 Å². The first-order valence-electron chi connectivity index (χ1n) is 4.00. The molecular weight excluding hydrogens is 184 g/mol. The van der Waals surface area contributed by atoms with Gasteiger partial charge in [-0.3, -0.25) is 0 Å². The van der Waals surface area contributed by atoms with Crippen molar-refractivity contribution in [1.82, 2.24) is 5.32 Å². The molecule has 76 valence electrons.